The summed E-state index contributed by atoms with van der Waals surface area (Å²) in [7, 11) is 1.00. The number of benzene rings is 2. The molecule has 0 bridgehead atoms. The first kappa shape index (κ1) is 20.1. The Labute approximate surface area is 136 Å². The lowest BCUT2D eigenvalue weighted by atomic mass is 9.98. The fraction of sp³-hybridized carbons (Fsp3) is 0.333. The predicted octanol–water partition coefficient (Wildman–Crippen LogP) is 6.23. The molecule has 2 rings (SSSR count). The van der Waals surface area contributed by atoms with Gasteiger partial charge >= 0.3 is 0 Å². The van der Waals surface area contributed by atoms with Crippen molar-refractivity contribution < 1.29 is 5.11 Å². The maximum atomic E-state index is 7.00. The van der Waals surface area contributed by atoms with Crippen LogP contribution in [0.4, 0.5) is 0 Å². The van der Waals surface area contributed by atoms with E-state index in [1.807, 2.05) is 13.8 Å². The Hall–Kier alpha value is -1.86. The van der Waals surface area contributed by atoms with Gasteiger partial charge in [0.2, 0.25) is 0 Å². The van der Waals surface area contributed by atoms with Crippen LogP contribution in [0.15, 0.2) is 60.7 Å². The standard InChI is InChI=1S/C18H20.C2H6.CH4O/c1-4-14(2)9-10-15(3)17-12-11-16-7-5-6-8-18(16)13-17;2*1-2/h4-8,11-13H,3,9-10H2,1-2H3;1-2H3;2H,1H3/b14-4-;;. The number of hydrogen-bond acceptors (Lipinski definition) is 1. The lowest BCUT2D eigenvalue weighted by Crippen LogP contribution is -1.85. The van der Waals surface area contributed by atoms with Crippen LogP contribution in [-0.2, 0) is 0 Å². The topological polar surface area (TPSA) is 20.2 Å². The summed E-state index contributed by atoms with van der Waals surface area (Å²) < 4.78 is 0. The summed E-state index contributed by atoms with van der Waals surface area (Å²) in [4.78, 5) is 0. The molecule has 0 aromatic heterocycles. The van der Waals surface area contributed by atoms with Crippen molar-refractivity contribution in [1.82, 2.24) is 0 Å². The molecule has 1 N–H and O–H groups in total. The van der Waals surface area contributed by atoms with E-state index >= 15 is 0 Å². The third-order valence-corrected chi connectivity index (χ3v) is 3.47. The summed E-state index contributed by atoms with van der Waals surface area (Å²) in [6.07, 6.45) is 4.31. The molecule has 0 unspecified atom stereocenters. The zero-order chi connectivity index (χ0) is 17.0. The molecule has 0 heterocycles. The lowest BCUT2D eigenvalue weighted by molar-refractivity contribution is 0.399. The smallest absolute Gasteiger partial charge is 0.0319 e. The Morgan fingerprint density at radius 1 is 1.00 bits per heavy atom. The SMILES string of the molecule is C=C(CC/C(C)=C\C)c1ccc2ccccc2c1.CC.CO. The number of aliphatic hydroxyl groups is 1. The van der Waals surface area contributed by atoms with Crippen LogP contribution in [0.25, 0.3) is 16.3 Å². The summed E-state index contributed by atoms with van der Waals surface area (Å²) in [6.45, 7) is 12.5. The zero-order valence-electron chi connectivity index (χ0n) is 14.7. The van der Waals surface area contributed by atoms with E-state index in [2.05, 4.69) is 69.0 Å². The van der Waals surface area contributed by atoms with Crippen molar-refractivity contribution in [3.63, 3.8) is 0 Å². The van der Waals surface area contributed by atoms with Gasteiger partial charge < -0.3 is 5.11 Å². The molecule has 1 nitrogen and oxygen atoms in total. The summed E-state index contributed by atoms with van der Waals surface area (Å²) in [5, 5.41) is 9.58. The molecule has 22 heavy (non-hydrogen) atoms. The molecule has 2 aromatic rings. The first-order valence-electron chi connectivity index (χ1n) is 7.94. The highest BCUT2D eigenvalue weighted by Gasteiger charge is 2.01. The summed E-state index contributed by atoms with van der Waals surface area (Å²) in [5.41, 5.74) is 3.91. The number of rotatable bonds is 4. The number of hydrogen-bond donors (Lipinski definition) is 1. The summed E-state index contributed by atoms with van der Waals surface area (Å²) >= 11 is 0. The average molecular weight is 298 g/mol. The van der Waals surface area contributed by atoms with E-state index in [9.17, 15) is 0 Å². The van der Waals surface area contributed by atoms with Crippen LogP contribution in [0.1, 0.15) is 46.1 Å². The minimum absolute atomic E-state index is 1.00. The fourth-order valence-corrected chi connectivity index (χ4v) is 2.05. The first-order valence-corrected chi connectivity index (χ1v) is 7.94. The monoisotopic (exact) mass is 298 g/mol. The van der Waals surface area contributed by atoms with Crippen LogP contribution in [-0.4, -0.2) is 12.2 Å². The van der Waals surface area contributed by atoms with E-state index in [4.69, 9.17) is 5.11 Å². The Balaban J connectivity index is 0.00000102. The quantitative estimate of drug-likeness (QED) is 0.663. The highest BCUT2D eigenvalue weighted by molar-refractivity contribution is 5.86. The highest BCUT2D eigenvalue weighted by atomic mass is 16.2. The van der Waals surface area contributed by atoms with E-state index in [1.54, 1.807) is 0 Å². The molecule has 0 saturated heterocycles. The minimum Gasteiger partial charge on any atom is -0.400 e. The van der Waals surface area contributed by atoms with Crippen molar-refractivity contribution in [3.8, 4) is 0 Å². The van der Waals surface area contributed by atoms with Crippen LogP contribution in [0, 0.1) is 0 Å². The van der Waals surface area contributed by atoms with Crippen LogP contribution < -0.4 is 0 Å². The van der Waals surface area contributed by atoms with E-state index < -0.39 is 0 Å². The van der Waals surface area contributed by atoms with Crippen LogP contribution in [0.2, 0.25) is 0 Å². The predicted molar refractivity (Wildman–Crippen MR) is 101 cm³/mol. The molecule has 0 aliphatic rings. The Kier molecular flexibility index (Phi) is 10.8. The molecule has 1 heteroatoms. The molecule has 0 radical (unpaired) electrons. The number of fused-ring (bicyclic) bond motifs is 1. The molecule has 2 aromatic carbocycles. The van der Waals surface area contributed by atoms with Gasteiger partial charge in [0, 0.05) is 7.11 Å². The van der Waals surface area contributed by atoms with E-state index in [-0.39, 0.29) is 0 Å². The van der Waals surface area contributed by atoms with Gasteiger partial charge in [-0.15, -0.1) is 0 Å². The van der Waals surface area contributed by atoms with Gasteiger partial charge in [-0.2, -0.15) is 0 Å². The molecule has 120 valence electrons. The zero-order valence-corrected chi connectivity index (χ0v) is 14.7. The average Bonchev–Trinajstić information content (AvgIpc) is 2.62. The van der Waals surface area contributed by atoms with Gasteiger partial charge in [0.25, 0.3) is 0 Å². The van der Waals surface area contributed by atoms with E-state index in [1.165, 1.54) is 27.5 Å². The van der Waals surface area contributed by atoms with Gasteiger partial charge in [-0.25, -0.2) is 0 Å². The van der Waals surface area contributed by atoms with Crippen LogP contribution >= 0.6 is 0 Å². The van der Waals surface area contributed by atoms with Crippen molar-refractivity contribution in [2.24, 2.45) is 0 Å². The molecular formula is C21H30O. The second-order valence-corrected chi connectivity index (χ2v) is 4.80. The van der Waals surface area contributed by atoms with E-state index in [0.29, 0.717) is 0 Å². The van der Waals surface area contributed by atoms with Crippen molar-refractivity contribution in [1.29, 1.82) is 0 Å². The van der Waals surface area contributed by atoms with Gasteiger partial charge in [-0.3, -0.25) is 0 Å². The Morgan fingerprint density at radius 2 is 1.59 bits per heavy atom. The molecule has 0 aliphatic heterocycles. The molecule has 0 saturated carbocycles. The summed E-state index contributed by atoms with van der Waals surface area (Å²) in [5.74, 6) is 0. The van der Waals surface area contributed by atoms with Crippen molar-refractivity contribution in [2.45, 2.75) is 40.5 Å². The van der Waals surface area contributed by atoms with Gasteiger partial charge in [-0.1, -0.05) is 68.5 Å². The molecule has 0 fully saturated rings. The third-order valence-electron chi connectivity index (χ3n) is 3.47. The minimum atomic E-state index is 1.00. The van der Waals surface area contributed by atoms with Gasteiger partial charge in [0.15, 0.2) is 0 Å². The van der Waals surface area contributed by atoms with E-state index in [0.717, 1.165) is 20.0 Å². The second-order valence-electron chi connectivity index (χ2n) is 4.80. The summed E-state index contributed by atoms with van der Waals surface area (Å²) in [6, 6.07) is 15.1. The number of aliphatic hydroxyl groups excluding tert-OH is 1. The largest absolute Gasteiger partial charge is 0.400 e. The van der Waals surface area contributed by atoms with Gasteiger partial charge in [-0.05, 0) is 54.7 Å². The van der Waals surface area contributed by atoms with Crippen LogP contribution in [0.3, 0.4) is 0 Å². The molecule has 0 aliphatic carbocycles. The van der Waals surface area contributed by atoms with Crippen molar-refractivity contribution in [2.75, 3.05) is 7.11 Å². The normalized spacial score (nSPS) is 10.2. The molecule has 0 atom stereocenters. The van der Waals surface area contributed by atoms with Gasteiger partial charge in [0.05, 0.1) is 0 Å². The fourth-order valence-electron chi connectivity index (χ4n) is 2.05. The van der Waals surface area contributed by atoms with Gasteiger partial charge in [0.1, 0.15) is 0 Å². The molecule has 0 amide bonds. The van der Waals surface area contributed by atoms with Crippen LogP contribution in [0.5, 0.6) is 0 Å². The Bertz CT molecular complexity index is 594. The Morgan fingerprint density at radius 3 is 2.18 bits per heavy atom. The number of allylic oxidation sites excluding steroid dienone is 3. The first-order chi connectivity index (χ1) is 10.7. The second kappa shape index (κ2) is 11.8. The third kappa shape index (κ3) is 6.28. The highest BCUT2D eigenvalue weighted by Crippen LogP contribution is 2.24. The van der Waals surface area contributed by atoms with Crippen molar-refractivity contribution >= 4 is 16.3 Å². The maximum Gasteiger partial charge on any atom is 0.0319 e. The lowest BCUT2D eigenvalue weighted by Gasteiger charge is -2.08. The maximum absolute atomic E-state index is 7.00. The molecular weight excluding hydrogens is 268 g/mol. The molecule has 0 spiro atoms. The van der Waals surface area contributed by atoms with Crippen molar-refractivity contribution in [3.05, 3.63) is 66.3 Å².